The Hall–Kier alpha value is -0.200. The van der Waals surface area contributed by atoms with Crippen molar-refractivity contribution in [1.29, 1.82) is 0 Å². The lowest BCUT2D eigenvalue weighted by Gasteiger charge is -2.39. The highest BCUT2D eigenvalue weighted by atomic mass is 16.5. The number of rotatable bonds is 7. The summed E-state index contributed by atoms with van der Waals surface area (Å²) in [6.45, 7) is 16.4. The SMILES string of the molecule is CCN1CCC(CN2CCN(CC3CCC(OC4CCN(C)CC4)CC3)CC2)C1. The number of nitrogens with zero attached hydrogens (tertiary/aromatic N) is 4. The first kappa shape index (κ1) is 22.0. The van der Waals surface area contributed by atoms with Gasteiger partial charge in [0.25, 0.3) is 0 Å². The van der Waals surface area contributed by atoms with Crippen LogP contribution in [0.15, 0.2) is 0 Å². The molecule has 1 saturated carbocycles. The van der Waals surface area contributed by atoms with E-state index in [2.05, 4.69) is 33.6 Å². The van der Waals surface area contributed by atoms with Crippen molar-refractivity contribution >= 4 is 0 Å². The zero-order valence-electron chi connectivity index (χ0n) is 19.2. The number of hydrogen-bond acceptors (Lipinski definition) is 5. The van der Waals surface area contributed by atoms with Crippen LogP contribution in [0.2, 0.25) is 0 Å². The molecule has 168 valence electrons. The van der Waals surface area contributed by atoms with Crippen molar-refractivity contribution in [1.82, 2.24) is 19.6 Å². The van der Waals surface area contributed by atoms with Gasteiger partial charge in [-0.2, -0.15) is 0 Å². The second-order valence-electron chi connectivity index (χ2n) is 10.4. The molecule has 0 aromatic heterocycles. The summed E-state index contributed by atoms with van der Waals surface area (Å²) < 4.78 is 6.46. The van der Waals surface area contributed by atoms with Crippen molar-refractivity contribution in [3.63, 3.8) is 0 Å². The van der Waals surface area contributed by atoms with E-state index in [1.807, 2.05) is 0 Å². The van der Waals surface area contributed by atoms with Gasteiger partial charge in [0.1, 0.15) is 0 Å². The highest BCUT2D eigenvalue weighted by Crippen LogP contribution is 2.29. The quantitative estimate of drug-likeness (QED) is 0.646. The highest BCUT2D eigenvalue weighted by Gasteiger charge is 2.29. The zero-order valence-corrected chi connectivity index (χ0v) is 19.2. The molecule has 29 heavy (non-hydrogen) atoms. The summed E-state index contributed by atoms with van der Waals surface area (Å²) in [5.41, 5.74) is 0. The predicted octanol–water partition coefficient (Wildman–Crippen LogP) is 2.62. The summed E-state index contributed by atoms with van der Waals surface area (Å²) in [6, 6.07) is 0. The van der Waals surface area contributed by atoms with E-state index >= 15 is 0 Å². The van der Waals surface area contributed by atoms with Gasteiger partial charge in [0.2, 0.25) is 0 Å². The summed E-state index contributed by atoms with van der Waals surface area (Å²) in [5.74, 6) is 1.83. The first-order valence-electron chi connectivity index (χ1n) is 12.7. The summed E-state index contributed by atoms with van der Waals surface area (Å²) in [4.78, 5) is 10.6. The maximum Gasteiger partial charge on any atom is 0.0603 e. The minimum absolute atomic E-state index is 0.533. The third-order valence-corrected chi connectivity index (χ3v) is 8.16. The van der Waals surface area contributed by atoms with E-state index < -0.39 is 0 Å². The largest absolute Gasteiger partial charge is 0.375 e. The third-order valence-electron chi connectivity index (χ3n) is 8.16. The Morgan fingerprint density at radius 3 is 1.79 bits per heavy atom. The van der Waals surface area contributed by atoms with E-state index in [1.54, 1.807) is 0 Å². The van der Waals surface area contributed by atoms with E-state index in [0.29, 0.717) is 12.2 Å². The van der Waals surface area contributed by atoms with Gasteiger partial charge in [0, 0.05) is 58.9 Å². The maximum absolute atomic E-state index is 6.46. The van der Waals surface area contributed by atoms with Gasteiger partial charge in [0.15, 0.2) is 0 Å². The van der Waals surface area contributed by atoms with Crippen LogP contribution in [-0.2, 0) is 4.74 Å². The van der Waals surface area contributed by atoms with E-state index in [4.69, 9.17) is 4.74 Å². The molecule has 0 radical (unpaired) electrons. The number of likely N-dealkylation sites (tertiary alicyclic amines) is 2. The van der Waals surface area contributed by atoms with E-state index in [-0.39, 0.29) is 0 Å². The molecule has 4 rings (SSSR count). The molecule has 0 aromatic rings. The standard InChI is InChI=1S/C24H46N4O/c1-3-26-13-8-22(19-26)20-28-16-14-27(15-17-28)18-21-4-6-23(7-5-21)29-24-9-11-25(2)12-10-24/h21-24H,3-20H2,1-2H3. The monoisotopic (exact) mass is 406 g/mol. The topological polar surface area (TPSA) is 22.2 Å². The fourth-order valence-electron chi connectivity index (χ4n) is 6.08. The number of hydrogen-bond donors (Lipinski definition) is 0. The molecule has 1 unspecified atom stereocenters. The first-order chi connectivity index (χ1) is 14.2. The second-order valence-corrected chi connectivity index (χ2v) is 10.4. The van der Waals surface area contributed by atoms with Crippen molar-refractivity contribution in [3.8, 4) is 0 Å². The molecule has 3 heterocycles. The Bertz CT molecular complexity index is 444. The molecule has 5 heteroatoms. The van der Waals surface area contributed by atoms with Crippen LogP contribution in [0.5, 0.6) is 0 Å². The van der Waals surface area contributed by atoms with Gasteiger partial charge in [-0.05, 0) is 76.9 Å². The molecule has 4 fully saturated rings. The Morgan fingerprint density at radius 1 is 0.621 bits per heavy atom. The smallest absolute Gasteiger partial charge is 0.0603 e. The summed E-state index contributed by atoms with van der Waals surface area (Å²) >= 11 is 0. The Kier molecular flexibility index (Phi) is 8.27. The summed E-state index contributed by atoms with van der Waals surface area (Å²) in [7, 11) is 2.23. The molecular formula is C24H46N4O. The molecule has 0 spiro atoms. The second kappa shape index (κ2) is 10.9. The van der Waals surface area contributed by atoms with Crippen LogP contribution in [0.1, 0.15) is 51.9 Å². The molecule has 1 atom stereocenters. The Morgan fingerprint density at radius 2 is 1.21 bits per heavy atom. The van der Waals surface area contributed by atoms with Gasteiger partial charge in [-0.3, -0.25) is 0 Å². The van der Waals surface area contributed by atoms with Crippen LogP contribution in [0.4, 0.5) is 0 Å². The van der Waals surface area contributed by atoms with Gasteiger partial charge in [0.05, 0.1) is 12.2 Å². The van der Waals surface area contributed by atoms with Crippen molar-refractivity contribution < 1.29 is 4.74 Å². The Balaban J connectivity index is 1.08. The van der Waals surface area contributed by atoms with Gasteiger partial charge < -0.3 is 24.3 Å². The van der Waals surface area contributed by atoms with Gasteiger partial charge in [-0.25, -0.2) is 0 Å². The summed E-state index contributed by atoms with van der Waals surface area (Å²) in [6.07, 6.45) is 10.3. The highest BCUT2D eigenvalue weighted by molar-refractivity contribution is 4.83. The predicted molar refractivity (Wildman–Crippen MR) is 120 cm³/mol. The van der Waals surface area contributed by atoms with Crippen molar-refractivity contribution in [2.75, 3.05) is 79.0 Å². The van der Waals surface area contributed by atoms with Crippen LogP contribution in [-0.4, -0.2) is 111 Å². The van der Waals surface area contributed by atoms with Crippen LogP contribution in [0.3, 0.4) is 0 Å². The lowest BCUT2D eigenvalue weighted by molar-refractivity contribution is -0.0604. The number of piperazine rings is 1. The average molecular weight is 407 g/mol. The molecule has 0 aromatic carbocycles. The Labute approximate surface area is 179 Å². The van der Waals surface area contributed by atoms with Crippen LogP contribution in [0.25, 0.3) is 0 Å². The van der Waals surface area contributed by atoms with Crippen molar-refractivity contribution in [3.05, 3.63) is 0 Å². The lowest BCUT2D eigenvalue weighted by Crippen LogP contribution is -2.49. The molecule has 0 N–H and O–H groups in total. The average Bonchev–Trinajstić information content (AvgIpc) is 3.20. The lowest BCUT2D eigenvalue weighted by atomic mass is 9.86. The van der Waals surface area contributed by atoms with Crippen LogP contribution in [0, 0.1) is 11.8 Å². The third kappa shape index (κ3) is 6.64. The normalized spacial score (nSPS) is 34.8. The molecule has 0 bridgehead atoms. The zero-order chi connectivity index (χ0) is 20.1. The fraction of sp³-hybridized carbons (Fsp3) is 1.00. The molecule has 5 nitrogen and oxygen atoms in total. The first-order valence-corrected chi connectivity index (χ1v) is 12.7. The van der Waals surface area contributed by atoms with Gasteiger partial charge in [-0.1, -0.05) is 6.92 Å². The van der Waals surface area contributed by atoms with Gasteiger partial charge in [-0.15, -0.1) is 0 Å². The molecular weight excluding hydrogens is 360 g/mol. The molecule has 1 aliphatic carbocycles. The van der Waals surface area contributed by atoms with E-state index in [1.165, 1.54) is 117 Å². The number of piperidine rings is 1. The minimum Gasteiger partial charge on any atom is -0.375 e. The molecule has 3 saturated heterocycles. The maximum atomic E-state index is 6.46. The van der Waals surface area contributed by atoms with Gasteiger partial charge >= 0.3 is 0 Å². The molecule has 3 aliphatic heterocycles. The van der Waals surface area contributed by atoms with E-state index in [0.717, 1.165) is 11.8 Å². The van der Waals surface area contributed by atoms with Crippen LogP contribution >= 0.6 is 0 Å². The van der Waals surface area contributed by atoms with Crippen molar-refractivity contribution in [2.24, 2.45) is 11.8 Å². The van der Waals surface area contributed by atoms with Crippen LogP contribution < -0.4 is 0 Å². The molecule has 0 amide bonds. The molecule has 4 aliphatic rings. The number of ether oxygens (including phenoxy) is 1. The fourth-order valence-corrected chi connectivity index (χ4v) is 6.08. The summed E-state index contributed by atoms with van der Waals surface area (Å²) in [5, 5.41) is 0. The minimum atomic E-state index is 0.533. The van der Waals surface area contributed by atoms with E-state index in [9.17, 15) is 0 Å². The van der Waals surface area contributed by atoms with Crippen molar-refractivity contribution in [2.45, 2.75) is 64.1 Å².